The molecule has 1 atom stereocenters. The van der Waals surface area contributed by atoms with E-state index < -0.39 is 12.1 Å². The molecular weight excluding hydrogens is 491 g/mol. The molecule has 0 bridgehead atoms. The predicted octanol–water partition coefficient (Wildman–Crippen LogP) is 4.66. The lowest BCUT2D eigenvalue weighted by atomic mass is 10.2. The van der Waals surface area contributed by atoms with Gasteiger partial charge in [-0.1, -0.05) is 23.1 Å². The van der Waals surface area contributed by atoms with Crippen LogP contribution in [0.5, 0.6) is 0 Å². The highest BCUT2D eigenvalue weighted by Crippen LogP contribution is 2.32. The van der Waals surface area contributed by atoms with Crippen molar-refractivity contribution in [1.29, 1.82) is 0 Å². The Morgan fingerprint density at radius 2 is 1.94 bits per heavy atom. The summed E-state index contributed by atoms with van der Waals surface area (Å²) >= 11 is 3.17. The Kier molecular flexibility index (Phi) is 8.00. The standard InChI is InChI=1S/C19H21N5OS2.C2HF3O2/c1-11-10-14(27-19-23-22-13(3)26-19)4-5-15(11)21-18(25)17-7-6-16-12(2)20-8-9-24(16)17;3-2(4,5)1(6)7/h4-7,10,12,20H,8-9H2,1-3H3,(H,21,25);(H,6,7). The van der Waals surface area contributed by atoms with Crippen LogP contribution in [-0.2, 0) is 11.3 Å². The van der Waals surface area contributed by atoms with Crippen molar-refractivity contribution in [2.24, 2.45) is 0 Å². The number of hydrogen-bond acceptors (Lipinski definition) is 7. The van der Waals surface area contributed by atoms with Crippen LogP contribution >= 0.6 is 23.1 Å². The van der Waals surface area contributed by atoms with Crippen LogP contribution in [0.15, 0.2) is 39.6 Å². The lowest BCUT2D eigenvalue weighted by Crippen LogP contribution is -2.33. The number of carbonyl (C=O) groups is 2. The lowest BCUT2D eigenvalue weighted by Gasteiger charge is -2.24. The van der Waals surface area contributed by atoms with E-state index in [1.165, 1.54) is 0 Å². The summed E-state index contributed by atoms with van der Waals surface area (Å²) in [6, 6.07) is 10.2. The molecule has 182 valence electrons. The summed E-state index contributed by atoms with van der Waals surface area (Å²) in [5, 5.41) is 22.7. The molecule has 1 aliphatic heterocycles. The van der Waals surface area contributed by atoms with E-state index >= 15 is 0 Å². The number of hydrogen-bond donors (Lipinski definition) is 3. The number of nitrogens with one attached hydrogen (secondary N) is 2. The second kappa shape index (κ2) is 10.6. The van der Waals surface area contributed by atoms with Crippen molar-refractivity contribution in [2.45, 2.75) is 48.8 Å². The second-order valence-corrected chi connectivity index (χ2v) is 9.90. The van der Waals surface area contributed by atoms with Crippen LogP contribution in [0.4, 0.5) is 18.9 Å². The van der Waals surface area contributed by atoms with Crippen molar-refractivity contribution in [1.82, 2.24) is 20.1 Å². The fourth-order valence-corrected chi connectivity index (χ4v) is 5.14. The molecule has 4 rings (SSSR count). The fraction of sp³-hybridized carbons (Fsp3) is 0.333. The molecule has 1 aliphatic rings. The Morgan fingerprint density at radius 3 is 2.53 bits per heavy atom. The number of halogens is 3. The lowest BCUT2D eigenvalue weighted by molar-refractivity contribution is -0.192. The number of fused-ring (bicyclic) bond motifs is 1. The molecule has 3 N–H and O–H groups in total. The average Bonchev–Trinajstić information content (AvgIpc) is 3.36. The van der Waals surface area contributed by atoms with E-state index in [4.69, 9.17) is 9.90 Å². The number of rotatable bonds is 4. The van der Waals surface area contributed by atoms with Crippen molar-refractivity contribution >= 4 is 40.7 Å². The van der Waals surface area contributed by atoms with Crippen molar-refractivity contribution in [2.75, 3.05) is 11.9 Å². The Hall–Kier alpha value is -2.90. The predicted molar refractivity (Wildman–Crippen MR) is 122 cm³/mol. The van der Waals surface area contributed by atoms with Gasteiger partial charge in [0.2, 0.25) is 0 Å². The molecule has 3 heterocycles. The van der Waals surface area contributed by atoms with E-state index in [2.05, 4.69) is 38.4 Å². The number of aromatic nitrogens is 3. The zero-order chi connectivity index (χ0) is 25.0. The van der Waals surface area contributed by atoms with Crippen LogP contribution in [0, 0.1) is 13.8 Å². The molecule has 0 aliphatic carbocycles. The number of nitrogens with zero attached hydrogens (tertiary/aromatic N) is 3. The molecule has 0 saturated heterocycles. The summed E-state index contributed by atoms with van der Waals surface area (Å²) in [4.78, 5) is 22.8. The molecule has 2 aromatic heterocycles. The molecule has 1 aromatic carbocycles. The minimum absolute atomic E-state index is 0.0707. The molecule has 34 heavy (non-hydrogen) atoms. The first kappa shape index (κ1) is 25.7. The smallest absolute Gasteiger partial charge is 0.475 e. The van der Waals surface area contributed by atoms with Gasteiger partial charge in [-0.25, -0.2) is 4.79 Å². The molecule has 1 amide bonds. The quantitative estimate of drug-likeness (QED) is 0.466. The zero-order valence-corrected chi connectivity index (χ0v) is 20.1. The number of aryl methyl sites for hydroxylation is 2. The van der Waals surface area contributed by atoms with Crippen LogP contribution in [0.25, 0.3) is 0 Å². The highest BCUT2D eigenvalue weighted by Gasteiger charge is 2.38. The van der Waals surface area contributed by atoms with Gasteiger partial charge in [0, 0.05) is 35.4 Å². The third kappa shape index (κ3) is 6.36. The third-order valence-corrected chi connectivity index (χ3v) is 6.76. The summed E-state index contributed by atoms with van der Waals surface area (Å²) in [6.07, 6.45) is -5.08. The van der Waals surface area contributed by atoms with Crippen LogP contribution in [0.3, 0.4) is 0 Å². The van der Waals surface area contributed by atoms with Crippen LogP contribution in [-0.4, -0.2) is 44.5 Å². The summed E-state index contributed by atoms with van der Waals surface area (Å²) in [7, 11) is 0. The third-order valence-electron chi connectivity index (χ3n) is 4.88. The number of carboxylic acids is 1. The van der Waals surface area contributed by atoms with Crippen molar-refractivity contribution < 1.29 is 27.9 Å². The highest BCUT2D eigenvalue weighted by atomic mass is 32.2. The molecule has 8 nitrogen and oxygen atoms in total. The Balaban J connectivity index is 0.000000406. The number of amides is 1. The van der Waals surface area contributed by atoms with Gasteiger partial charge >= 0.3 is 12.1 Å². The average molecular weight is 514 g/mol. The van der Waals surface area contributed by atoms with Gasteiger partial charge in [-0.3, -0.25) is 4.79 Å². The summed E-state index contributed by atoms with van der Waals surface area (Å²) < 4.78 is 34.8. The van der Waals surface area contributed by atoms with E-state index in [1.54, 1.807) is 23.1 Å². The highest BCUT2D eigenvalue weighted by molar-refractivity contribution is 8.01. The van der Waals surface area contributed by atoms with Gasteiger partial charge < -0.3 is 20.3 Å². The summed E-state index contributed by atoms with van der Waals surface area (Å²) in [5.41, 5.74) is 3.72. The largest absolute Gasteiger partial charge is 0.490 e. The number of benzene rings is 1. The molecule has 3 aromatic rings. The zero-order valence-electron chi connectivity index (χ0n) is 18.4. The maximum absolute atomic E-state index is 12.8. The van der Waals surface area contributed by atoms with E-state index in [0.717, 1.165) is 44.3 Å². The van der Waals surface area contributed by atoms with Gasteiger partial charge in [0.05, 0.1) is 0 Å². The Labute approximate surface area is 201 Å². The van der Waals surface area contributed by atoms with E-state index in [0.29, 0.717) is 5.69 Å². The van der Waals surface area contributed by atoms with E-state index in [-0.39, 0.29) is 11.9 Å². The molecule has 0 fully saturated rings. The first-order chi connectivity index (χ1) is 16.0. The van der Waals surface area contributed by atoms with Gasteiger partial charge in [0.1, 0.15) is 10.7 Å². The van der Waals surface area contributed by atoms with E-state index in [9.17, 15) is 18.0 Å². The van der Waals surface area contributed by atoms with Gasteiger partial charge in [0.25, 0.3) is 5.91 Å². The Bertz CT molecular complexity index is 1190. The fourth-order valence-electron chi connectivity index (χ4n) is 3.25. The van der Waals surface area contributed by atoms with Gasteiger partial charge in [-0.05, 0) is 56.7 Å². The van der Waals surface area contributed by atoms with Crippen LogP contribution in [0.2, 0.25) is 0 Å². The molecule has 0 spiro atoms. The molecule has 0 saturated carbocycles. The Morgan fingerprint density at radius 1 is 1.24 bits per heavy atom. The topological polar surface area (TPSA) is 109 Å². The molecule has 13 heteroatoms. The van der Waals surface area contributed by atoms with Gasteiger partial charge in [-0.2, -0.15) is 13.2 Å². The van der Waals surface area contributed by atoms with Crippen molar-refractivity contribution in [3.63, 3.8) is 0 Å². The van der Waals surface area contributed by atoms with Gasteiger partial charge in [-0.15, -0.1) is 10.2 Å². The van der Waals surface area contributed by atoms with Crippen molar-refractivity contribution in [3.05, 3.63) is 52.3 Å². The van der Waals surface area contributed by atoms with Gasteiger partial charge in [0.15, 0.2) is 4.34 Å². The number of carboxylic acid groups (broad SMARTS) is 1. The number of alkyl halides is 3. The minimum atomic E-state index is -5.08. The number of aliphatic carboxylic acids is 1. The first-order valence-electron chi connectivity index (χ1n) is 10.1. The molecule has 1 unspecified atom stereocenters. The van der Waals surface area contributed by atoms with Crippen LogP contribution in [0.1, 0.15) is 39.7 Å². The normalized spacial score (nSPS) is 15.2. The second-order valence-electron chi connectivity index (χ2n) is 7.39. The molecular formula is C21H22F3N5O3S2. The maximum Gasteiger partial charge on any atom is 0.490 e. The van der Waals surface area contributed by atoms with Crippen molar-refractivity contribution in [3.8, 4) is 0 Å². The molecule has 0 radical (unpaired) electrons. The number of anilines is 1. The first-order valence-corrected chi connectivity index (χ1v) is 11.7. The minimum Gasteiger partial charge on any atom is -0.475 e. The SMILES string of the molecule is Cc1nnc(Sc2ccc(NC(=O)c3ccc4n3CCNC4C)c(C)c2)s1.O=C(O)C(F)(F)F. The van der Waals surface area contributed by atoms with E-state index in [1.807, 2.05) is 38.1 Å². The summed E-state index contributed by atoms with van der Waals surface area (Å²) in [6.45, 7) is 7.75. The maximum atomic E-state index is 12.8. The summed E-state index contributed by atoms with van der Waals surface area (Å²) in [5.74, 6) is -2.83. The van der Waals surface area contributed by atoms with Crippen LogP contribution < -0.4 is 10.6 Å². The number of carbonyl (C=O) groups excluding carboxylic acids is 1. The monoisotopic (exact) mass is 513 g/mol.